The van der Waals surface area contributed by atoms with Crippen LogP contribution in [-0.4, -0.2) is 15.1 Å². The fourth-order valence-electron chi connectivity index (χ4n) is 5.77. The van der Waals surface area contributed by atoms with Gasteiger partial charge in [0.2, 0.25) is 0 Å². The molecule has 0 atom stereocenters. The number of aromatic nitrogens is 4. The number of benzene rings is 3. The van der Waals surface area contributed by atoms with E-state index in [9.17, 15) is 5.11 Å². The Bertz CT molecular complexity index is 2190. The molecule has 8 bridgehead atoms. The van der Waals surface area contributed by atoms with Crippen molar-refractivity contribution in [1.29, 1.82) is 0 Å². The molecule has 212 valence electrons. The number of nitrogens with zero attached hydrogens (tertiary/aromatic N) is 4. The molecule has 0 saturated heterocycles. The van der Waals surface area contributed by atoms with Crippen molar-refractivity contribution in [1.82, 2.24) is 19.9 Å². The molecule has 0 unspecified atom stereocenters. The largest absolute Gasteiger partial charge is 2.00 e. The first kappa shape index (κ1) is 27.4. The molecule has 6 heteroatoms. The zero-order chi connectivity index (χ0) is 28.8. The maximum Gasteiger partial charge on any atom is 2.00 e. The first-order chi connectivity index (χ1) is 21.2. The van der Waals surface area contributed by atoms with Crippen molar-refractivity contribution < 1.29 is 21.6 Å². The molecule has 3 aromatic heterocycles. The van der Waals surface area contributed by atoms with Crippen molar-refractivity contribution in [2.75, 3.05) is 0 Å². The van der Waals surface area contributed by atoms with Gasteiger partial charge in [-0.15, -0.1) is 16.6 Å². The predicted molar refractivity (Wildman–Crippen MR) is 175 cm³/mol. The van der Waals surface area contributed by atoms with Gasteiger partial charge in [-0.25, -0.2) is 9.97 Å². The van der Waals surface area contributed by atoms with Crippen LogP contribution in [0, 0.1) is 0 Å². The molecule has 0 fully saturated rings. The van der Waals surface area contributed by atoms with Gasteiger partial charge in [-0.1, -0.05) is 121 Å². The van der Waals surface area contributed by atoms with Crippen molar-refractivity contribution in [3.05, 3.63) is 138 Å². The van der Waals surface area contributed by atoms with E-state index in [0.29, 0.717) is 11.2 Å². The summed E-state index contributed by atoms with van der Waals surface area (Å²) in [5.41, 5.74) is 11.3. The van der Waals surface area contributed by atoms with Crippen molar-refractivity contribution in [2.45, 2.75) is 0 Å². The molecule has 0 aliphatic carbocycles. The number of aromatic hydroxyl groups is 1. The zero-order valence-corrected chi connectivity index (χ0v) is 24.3. The SMILES string of the molecule is Oc1c2nc(c(-c3ccccc3)c3ccc([n-]3)c(-c3ccccc3)c3nc(c(-c4ccccc4)c4ccc1[n-]4)C=C3)C=C2.[Ni+2]. The van der Waals surface area contributed by atoms with Crippen LogP contribution in [0.15, 0.2) is 115 Å². The molecule has 1 N–H and O–H groups in total. The fraction of sp³-hybridized carbons (Fsp3) is 0. The van der Waals surface area contributed by atoms with Crippen molar-refractivity contribution in [3.63, 3.8) is 0 Å². The molecular formula is C38H24N4NiO. The molecule has 2 aliphatic rings. The third-order valence-corrected chi connectivity index (χ3v) is 7.77. The molecule has 0 radical (unpaired) electrons. The van der Waals surface area contributed by atoms with E-state index in [0.717, 1.165) is 67.0 Å². The molecule has 5 nitrogen and oxygen atoms in total. The zero-order valence-electron chi connectivity index (χ0n) is 23.3. The Balaban J connectivity index is 0.00000312. The van der Waals surface area contributed by atoms with E-state index in [1.54, 1.807) is 0 Å². The number of rotatable bonds is 3. The first-order valence-corrected chi connectivity index (χ1v) is 14.1. The summed E-state index contributed by atoms with van der Waals surface area (Å²) < 4.78 is 0. The maximum absolute atomic E-state index is 11.3. The van der Waals surface area contributed by atoms with E-state index in [2.05, 4.69) is 36.4 Å². The van der Waals surface area contributed by atoms with Crippen molar-refractivity contribution >= 4 is 46.4 Å². The van der Waals surface area contributed by atoms with Crippen LogP contribution in [0.4, 0.5) is 0 Å². The van der Waals surface area contributed by atoms with E-state index in [4.69, 9.17) is 19.9 Å². The van der Waals surface area contributed by atoms with E-state index in [1.807, 2.05) is 103 Å². The van der Waals surface area contributed by atoms with Crippen LogP contribution in [0.25, 0.3) is 79.8 Å². The van der Waals surface area contributed by atoms with E-state index in [1.165, 1.54) is 0 Å². The molecule has 0 amide bonds. The van der Waals surface area contributed by atoms with Gasteiger partial charge in [-0.05, 0) is 57.7 Å². The molecule has 6 aromatic rings. The minimum absolute atomic E-state index is 0. The van der Waals surface area contributed by atoms with Gasteiger partial charge < -0.3 is 15.1 Å². The van der Waals surface area contributed by atoms with Gasteiger partial charge in [0.15, 0.2) is 0 Å². The average Bonchev–Trinajstić information content (AvgIpc) is 3.88. The second kappa shape index (κ2) is 11.3. The minimum Gasteiger partial charge on any atom is -0.657 e. The maximum atomic E-state index is 11.3. The molecular weight excluding hydrogens is 587 g/mol. The number of fused-ring (bicyclic) bond motifs is 8. The fourth-order valence-corrected chi connectivity index (χ4v) is 5.77. The van der Waals surface area contributed by atoms with Crippen LogP contribution < -0.4 is 9.97 Å². The summed E-state index contributed by atoms with van der Waals surface area (Å²) in [6.07, 6.45) is 7.84. The summed E-state index contributed by atoms with van der Waals surface area (Å²) in [6.45, 7) is 0. The predicted octanol–water partition coefficient (Wildman–Crippen LogP) is 8.62. The van der Waals surface area contributed by atoms with E-state index < -0.39 is 0 Å². The molecule has 0 spiro atoms. The quantitative estimate of drug-likeness (QED) is 0.203. The van der Waals surface area contributed by atoms with Crippen LogP contribution in [0.1, 0.15) is 22.8 Å². The molecule has 0 saturated carbocycles. The Morgan fingerprint density at radius 2 is 0.705 bits per heavy atom. The average molecular weight is 611 g/mol. The van der Waals surface area contributed by atoms with Crippen LogP contribution in [0.2, 0.25) is 0 Å². The summed E-state index contributed by atoms with van der Waals surface area (Å²) in [5, 5.41) is 11.3. The monoisotopic (exact) mass is 610 g/mol. The van der Waals surface area contributed by atoms with Gasteiger partial charge >= 0.3 is 16.5 Å². The third kappa shape index (κ3) is 4.76. The van der Waals surface area contributed by atoms with E-state index in [-0.39, 0.29) is 22.2 Å². The standard InChI is InChI=1S/C38H24N4O.Ni/c43-38-33-22-20-31(41-33)36(25-12-6-2-7-13-25)29-18-16-27(39-29)35(24-10-4-1-5-11-24)28-17-19-30(40-28)37(26-14-8-3-9-15-26)32-21-23-34(38)42-32;/h1-23H,(H-2,39,40,41,42,43);/q-2;+2. The molecule has 8 rings (SSSR count). The van der Waals surface area contributed by atoms with Crippen molar-refractivity contribution in [3.8, 4) is 39.1 Å². The van der Waals surface area contributed by atoms with Gasteiger partial charge in [0.05, 0.1) is 17.1 Å². The Morgan fingerprint density at radius 3 is 1.11 bits per heavy atom. The summed E-state index contributed by atoms with van der Waals surface area (Å²) in [4.78, 5) is 20.1. The molecule has 2 aliphatic heterocycles. The Hall–Kier alpha value is -5.45. The summed E-state index contributed by atoms with van der Waals surface area (Å²) >= 11 is 0. The summed E-state index contributed by atoms with van der Waals surface area (Å²) in [6, 6.07) is 38.3. The van der Waals surface area contributed by atoms with Gasteiger partial charge in [-0.3, -0.25) is 0 Å². The summed E-state index contributed by atoms with van der Waals surface area (Å²) in [7, 11) is 0. The number of hydrogen-bond acceptors (Lipinski definition) is 3. The van der Waals surface area contributed by atoms with Gasteiger partial charge in [0, 0.05) is 0 Å². The van der Waals surface area contributed by atoms with E-state index >= 15 is 0 Å². The second-order valence-corrected chi connectivity index (χ2v) is 10.4. The Kier molecular flexibility index (Phi) is 7.05. The second-order valence-electron chi connectivity index (χ2n) is 10.4. The van der Waals surface area contributed by atoms with Crippen molar-refractivity contribution in [2.24, 2.45) is 0 Å². The first-order valence-electron chi connectivity index (χ1n) is 14.1. The number of hydrogen-bond donors (Lipinski definition) is 1. The van der Waals surface area contributed by atoms with Crippen LogP contribution >= 0.6 is 0 Å². The van der Waals surface area contributed by atoms with Gasteiger partial charge in [0.1, 0.15) is 11.4 Å². The third-order valence-electron chi connectivity index (χ3n) is 7.77. The molecule has 3 aromatic carbocycles. The normalized spacial score (nSPS) is 11.8. The molecule has 44 heavy (non-hydrogen) atoms. The van der Waals surface area contributed by atoms with Gasteiger partial charge in [0.25, 0.3) is 0 Å². The molecule has 5 heterocycles. The van der Waals surface area contributed by atoms with Crippen LogP contribution in [0.3, 0.4) is 0 Å². The smallest absolute Gasteiger partial charge is 0.657 e. The van der Waals surface area contributed by atoms with Crippen LogP contribution in [0.5, 0.6) is 5.75 Å². The summed E-state index contributed by atoms with van der Waals surface area (Å²) in [5.74, 6) is 0.0245. The minimum atomic E-state index is 0. The van der Waals surface area contributed by atoms with Crippen LogP contribution in [-0.2, 0) is 16.5 Å². The Labute approximate surface area is 264 Å². The topological polar surface area (TPSA) is 74.2 Å². The van der Waals surface area contributed by atoms with Gasteiger partial charge in [-0.2, -0.15) is 0 Å². The Morgan fingerprint density at radius 1 is 0.386 bits per heavy atom.